The van der Waals surface area contributed by atoms with E-state index in [4.69, 9.17) is 0 Å². The molecule has 1 aromatic rings. The average molecular weight is 319 g/mol. The summed E-state index contributed by atoms with van der Waals surface area (Å²) in [6, 6.07) is 1.63. The molecule has 0 radical (unpaired) electrons. The van der Waals surface area contributed by atoms with Gasteiger partial charge in [-0.05, 0) is 35.2 Å². The molecule has 3 heterocycles. The predicted octanol–water partition coefficient (Wildman–Crippen LogP) is 2.59. The second-order valence-electron chi connectivity index (χ2n) is 6.28. The molecule has 2 atom stereocenters. The Labute approximate surface area is 134 Å². The number of thiophene rings is 1. The highest BCUT2D eigenvalue weighted by Gasteiger charge is 2.44. The van der Waals surface area contributed by atoms with Crippen LogP contribution in [0.3, 0.4) is 0 Å². The maximum absolute atomic E-state index is 12.9. The lowest BCUT2D eigenvalue weighted by atomic mass is 9.98. The van der Waals surface area contributed by atoms with Crippen LogP contribution in [-0.2, 0) is 4.79 Å². The van der Waals surface area contributed by atoms with Crippen molar-refractivity contribution in [2.75, 3.05) is 13.6 Å². The van der Waals surface area contributed by atoms with Crippen LogP contribution in [0.5, 0.6) is 0 Å². The van der Waals surface area contributed by atoms with Crippen molar-refractivity contribution in [2.24, 2.45) is 5.92 Å². The zero-order valence-electron chi connectivity index (χ0n) is 13.3. The summed E-state index contributed by atoms with van der Waals surface area (Å²) in [6.45, 7) is 6.80. The van der Waals surface area contributed by atoms with Crippen molar-refractivity contribution in [3.05, 3.63) is 33.7 Å². The highest BCUT2D eigenvalue weighted by Crippen LogP contribution is 2.37. The van der Waals surface area contributed by atoms with Crippen LogP contribution in [0.1, 0.15) is 32.4 Å². The molecule has 22 heavy (non-hydrogen) atoms. The van der Waals surface area contributed by atoms with Crippen LogP contribution in [0.2, 0.25) is 0 Å². The third-order valence-electron chi connectivity index (χ3n) is 4.72. The van der Waals surface area contributed by atoms with E-state index in [1.165, 1.54) is 0 Å². The molecule has 118 valence electrons. The van der Waals surface area contributed by atoms with E-state index < -0.39 is 0 Å². The van der Waals surface area contributed by atoms with Gasteiger partial charge in [0.15, 0.2) is 0 Å². The second-order valence-corrected chi connectivity index (χ2v) is 7.06. The van der Waals surface area contributed by atoms with Gasteiger partial charge in [0, 0.05) is 13.1 Å². The summed E-state index contributed by atoms with van der Waals surface area (Å²) < 4.78 is 0. The molecule has 0 fully saturated rings. The number of nitrogens with zero attached hydrogens (tertiary/aromatic N) is 2. The predicted molar refractivity (Wildman–Crippen MR) is 86.4 cm³/mol. The first-order chi connectivity index (χ1) is 10.4. The molecule has 0 saturated heterocycles. The van der Waals surface area contributed by atoms with Gasteiger partial charge in [-0.3, -0.25) is 9.69 Å². The number of amides is 3. The minimum Gasteiger partial charge on any atom is -0.330 e. The van der Waals surface area contributed by atoms with Crippen molar-refractivity contribution in [2.45, 2.75) is 32.9 Å². The van der Waals surface area contributed by atoms with E-state index in [-0.39, 0.29) is 24.0 Å². The number of carbonyl (C=O) groups excluding carboxylic acids is 2. The molecule has 0 saturated carbocycles. The Balaban J connectivity index is 2.00. The number of likely N-dealkylation sites (N-methyl/N-ethyl adjacent to an activating group) is 1. The Morgan fingerprint density at radius 1 is 1.32 bits per heavy atom. The van der Waals surface area contributed by atoms with Gasteiger partial charge in [-0.15, -0.1) is 0 Å². The van der Waals surface area contributed by atoms with Gasteiger partial charge in [-0.2, -0.15) is 11.3 Å². The molecule has 2 aliphatic rings. The molecule has 0 aliphatic carbocycles. The fraction of sp³-hybridized carbons (Fsp3) is 0.500. The van der Waals surface area contributed by atoms with Crippen molar-refractivity contribution in [1.29, 1.82) is 0 Å². The molecular weight excluding hydrogens is 298 g/mol. The fourth-order valence-electron chi connectivity index (χ4n) is 2.97. The monoisotopic (exact) mass is 319 g/mol. The quantitative estimate of drug-likeness (QED) is 0.931. The largest absolute Gasteiger partial charge is 0.330 e. The lowest BCUT2D eigenvalue weighted by Gasteiger charge is -2.30. The molecule has 2 aliphatic heterocycles. The molecule has 0 spiro atoms. The van der Waals surface area contributed by atoms with E-state index in [1.807, 2.05) is 21.7 Å². The van der Waals surface area contributed by atoms with Crippen LogP contribution >= 0.6 is 11.3 Å². The van der Waals surface area contributed by atoms with Gasteiger partial charge in [0.25, 0.3) is 5.91 Å². The van der Waals surface area contributed by atoms with Gasteiger partial charge in [0.05, 0.1) is 23.9 Å². The highest BCUT2D eigenvalue weighted by atomic mass is 32.1. The molecule has 0 bridgehead atoms. The van der Waals surface area contributed by atoms with Crippen LogP contribution in [0.4, 0.5) is 4.79 Å². The van der Waals surface area contributed by atoms with Crippen molar-refractivity contribution >= 4 is 23.3 Å². The van der Waals surface area contributed by atoms with Gasteiger partial charge >= 0.3 is 6.03 Å². The van der Waals surface area contributed by atoms with E-state index in [2.05, 4.69) is 26.1 Å². The SMILES string of the molecule is CC(C)[C@H](C)N1CC2=C(C1=O)[C@@H](c1ccsc1)NC(=O)N2C. The number of carbonyl (C=O) groups is 2. The maximum Gasteiger partial charge on any atom is 0.322 e. The lowest BCUT2D eigenvalue weighted by molar-refractivity contribution is -0.128. The van der Waals surface area contributed by atoms with Crippen LogP contribution < -0.4 is 5.32 Å². The molecule has 3 rings (SSSR count). The van der Waals surface area contributed by atoms with E-state index in [9.17, 15) is 9.59 Å². The van der Waals surface area contributed by atoms with E-state index in [0.717, 1.165) is 11.3 Å². The number of rotatable bonds is 3. The molecule has 0 unspecified atom stereocenters. The van der Waals surface area contributed by atoms with Crippen LogP contribution in [0, 0.1) is 5.92 Å². The highest BCUT2D eigenvalue weighted by molar-refractivity contribution is 7.08. The Hall–Kier alpha value is -1.82. The zero-order chi connectivity index (χ0) is 16.0. The summed E-state index contributed by atoms with van der Waals surface area (Å²) in [7, 11) is 1.73. The summed E-state index contributed by atoms with van der Waals surface area (Å²) in [5, 5.41) is 6.90. The summed E-state index contributed by atoms with van der Waals surface area (Å²) in [5.74, 6) is 0.415. The number of nitrogens with one attached hydrogen (secondary N) is 1. The summed E-state index contributed by atoms with van der Waals surface area (Å²) in [5.41, 5.74) is 2.52. The Kier molecular flexibility index (Phi) is 3.72. The fourth-order valence-corrected chi connectivity index (χ4v) is 3.65. The second kappa shape index (κ2) is 5.43. The molecule has 1 N–H and O–H groups in total. The first-order valence-electron chi connectivity index (χ1n) is 7.52. The van der Waals surface area contributed by atoms with Gasteiger partial charge in [-0.1, -0.05) is 13.8 Å². The van der Waals surface area contributed by atoms with E-state index in [0.29, 0.717) is 18.0 Å². The van der Waals surface area contributed by atoms with Crippen LogP contribution in [0.25, 0.3) is 0 Å². The van der Waals surface area contributed by atoms with E-state index >= 15 is 0 Å². The number of urea groups is 1. The van der Waals surface area contributed by atoms with Crippen molar-refractivity contribution < 1.29 is 9.59 Å². The molecule has 6 heteroatoms. The van der Waals surface area contributed by atoms with Gasteiger partial charge < -0.3 is 10.2 Å². The first-order valence-corrected chi connectivity index (χ1v) is 8.46. The number of hydrogen-bond donors (Lipinski definition) is 1. The normalized spacial score (nSPS) is 23.2. The average Bonchev–Trinajstić information content (AvgIpc) is 3.10. The van der Waals surface area contributed by atoms with Crippen LogP contribution in [-0.4, -0.2) is 41.4 Å². The van der Waals surface area contributed by atoms with Crippen LogP contribution in [0.15, 0.2) is 28.1 Å². The maximum atomic E-state index is 12.9. The standard InChI is InChI=1S/C16H21N3O2S/c1-9(2)10(3)19-7-12-13(15(19)20)14(11-5-6-22-8-11)17-16(21)18(12)4/h5-6,8-10,14H,7H2,1-4H3,(H,17,21)/t10-,14+/m0/s1. The summed E-state index contributed by atoms with van der Waals surface area (Å²) in [4.78, 5) is 28.6. The Morgan fingerprint density at radius 2 is 2.05 bits per heavy atom. The molecule has 3 amide bonds. The number of hydrogen-bond acceptors (Lipinski definition) is 3. The van der Waals surface area contributed by atoms with E-state index in [1.54, 1.807) is 23.3 Å². The first kappa shape index (κ1) is 15.1. The molecule has 5 nitrogen and oxygen atoms in total. The summed E-state index contributed by atoms with van der Waals surface area (Å²) in [6.07, 6.45) is 0. The smallest absolute Gasteiger partial charge is 0.322 e. The van der Waals surface area contributed by atoms with Gasteiger partial charge in [-0.25, -0.2) is 4.79 Å². The Bertz CT molecular complexity index is 636. The topological polar surface area (TPSA) is 52.7 Å². The van der Waals surface area contributed by atoms with Crippen molar-refractivity contribution in [1.82, 2.24) is 15.1 Å². The molecule has 0 aromatic carbocycles. The lowest BCUT2D eigenvalue weighted by Crippen LogP contribution is -2.45. The zero-order valence-corrected chi connectivity index (χ0v) is 14.1. The molecular formula is C16H21N3O2S. The van der Waals surface area contributed by atoms with Gasteiger partial charge in [0.2, 0.25) is 0 Å². The van der Waals surface area contributed by atoms with Crippen molar-refractivity contribution in [3.63, 3.8) is 0 Å². The Morgan fingerprint density at radius 3 is 2.64 bits per heavy atom. The minimum atomic E-state index is -0.332. The van der Waals surface area contributed by atoms with Gasteiger partial charge in [0.1, 0.15) is 0 Å². The summed E-state index contributed by atoms with van der Waals surface area (Å²) >= 11 is 1.57. The molecule has 1 aromatic heterocycles. The minimum absolute atomic E-state index is 0.0410. The van der Waals surface area contributed by atoms with Crippen molar-refractivity contribution in [3.8, 4) is 0 Å². The third kappa shape index (κ3) is 2.22. The third-order valence-corrected chi connectivity index (χ3v) is 5.42.